The van der Waals surface area contributed by atoms with Gasteiger partial charge < -0.3 is 18.9 Å². The average molecular weight is 284 g/mol. The zero-order chi connectivity index (χ0) is 14.9. The Morgan fingerprint density at radius 1 is 1.40 bits per heavy atom. The van der Waals surface area contributed by atoms with E-state index in [-0.39, 0.29) is 18.2 Å². The van der Waals surface area contributed by atoms with E-state index in [2.05, 4.69) is 0 Å². The Labute approximate surface area is 118 Å². The van der Waals surface area contributed by atoms with Gasteiger partial charge in [-0.3, -0.25) is 4.79 Å². The summed E-state index contributed by atoms with van der Waals surface area (Å²) in [7, 11) is 0. The zero-order valence-corrected chi connectivity index (χ0v) is 12.2. The number of hydrogen-bond donors (Lipinski definition) is 0. The van der Waals surface area contributed by atoms with Crippen molar-refractivity contribution >= 4 is 11.9 Å². The number of carbonyl (C=O) groups excluding carboxylic acids is 2. The fourth-order valence-corrected chi connectivity index (χ4v) is 2.61. The Kier molecular flexibility index (Phi) is 4.15. The molecule has 112 valence electrons. The third-order valence-corrected chi connectivity index (χ3v) is 3.21. The SMILES string of the molecule is CCOC(=O)/C=C1/C[C@@H](OC(C)=O)[C@H]2OC(C)(C)O[C@@H]12. The molecule has 0 unspecified atom stereocenters. The van der Waals surface area contributed by atoms with Crippen LogP contribution >= 0.6 is 0 Å². The molecule has 1 aliphatic heterocycles. The van der Waals surface area contributed by atoms with Crippen molar-refractivity contribution in [2.45, 2.75) is 58.2 Å². The predicted octanol–water partition coefficient (Wildman–Crippen LogP) is 1.33. The average Bonchev–Trinajstić information content (AvgIpc) is 2.75. The summed E-state index contributed by atoms with van der Waals surface area (Å²) in [6.45, 7) is 6.99. The van der Waals surface area contributed by atoms with Crippen molar-refractivity contribution in [2.24, 2.45) is 0 Å². The van der Waals surface area contributed by atoms with E-state index in [1.54, 1.807) is 20.8 Å². The first kappa shape index (κ1) is 15.0. The Balaban J connectivity index is 2.18. The van der Waals surface area contributed by atoms with Crippen molar-refractivity contribution in [1.29, 1.82) is 0 Å². The molecule has 1 aliphatic carbocycles. The molecule has 0 aromatic rings. The quantitative estimate of drug-likeness (QED) is 0.575. The first-order valence-electron chi connectivity index (χ1n) is 6.72. The van der Waals surface area contributed by atoms with Gasteiger partial charge in [-0.2, -0.15) is 0 Å². The molecule has 0 aromatic heterocycles. The molecule has 0 bridgehead atoms. The maximum absolute atomic E-state index is 11.6. The molecular weight excluding hydrogens is 264 g/mol. The Hall–Kier alpha value is -1.40. The van der Waals surface area contributed by atoms with Gasteiger partial charge in [0.05, 0.1) is 6.61 Å². The van der Waals surface area contributed by atoms with Crippen LogP contribution in [0.4, 0.5) is 0 Å². The van der Waals surface area contributed by atoms with Crippen LogP contribution in [0, 0.1) is 0 Å². The van der Waals surface area contributed by atoms with Crippen LogP contribution in [0.3, 0.4) is 0 Å². The number of rotatable bonds is 3. The Morgan fingerprint density at radius 2 is 2.10 bits per heavy atom. The van der Waals surface area contributed by atoms with Gasteiger partial charge in [-0.25, -0.2) is 4.79 Å². The van der Waals surface area contributed by atoms with Gasteiger partial charge in [-0.15, -0.1) is 0 Å². The third kappa shape index (κ3) is 3.19. The molecule has 0 aromatic carbocycles. The molecule has 6 nitrogen and oxygen atoms in total. The highest BCUT2D eigenvalue weighted by atomic mass is 16.8. The summed E-state index contributed by atoms with van der Waals surface area (Å²) < 4.78 is 21.7. The smallest absolute Gasteiger partial charge is 0.330 e. The molecule has 3 atom stereocenters. The fraction of sp³-hybridized carbons (Fsp3) is 0.714. The van der Waals surface area contributed by atoms with E-state index in [9.17, 15) is 9.59 Å². The zero-order valence-electron chi connectivity index (χ0n) is 12.2. The molecule has 20 heavy (non-hydrogen) atoms. The van der Waals surface area contributed by atoms with E-state index in [4.69, 9.17) is 18.9 Å². The topological polar surface area (TPSA) is 71.1 Å². The molecule has 0 spiro atoms. The standard InChI is InChI=1S/C14H20O6/c1-5-17-11(16)7-9-6-10(18-8(2)15)13-12(9)19-14(3,4)20-13/h7,10,12-13H,5-6H2,1-4H3/b9-7-/t10-,12+,13-/m1/s1. The third-order valence-electron chi connectivity index (χ3n) is 3.21. The van der Waals surface area contributed by atoms with Gasteiger partial charge in [0.15, 0.2) is 5.79 Å². The second-order valence-corrected chi connectivity index (χ2v) is 5.34. The molecule has 6 heteroatoms. The van der Waals surface area contributed by atoms with Crippen molar-refractivity contribution < 1.29 is 28.5 Å². The lowest BCUT2D eigenvalue weighted by molar-refractivity contribution is -0.171. The van der Waals surface area contributed by atoms with Gasteiger partial charge >= 0.3 is 11.9 Å². The largest absolute Gasteiger partial charge is 0.463 e. The normalized spacial score (nSPS) is 33.0. The number of esters is 2. The predicted molar refractivity (Wildman–Crippen MR) is 68.7 cm³/mol. The van der Waals surface area contributed by atoms with Crippen LogP contribution in [0.15, 0.2) is 11.6 Å². The molecule has 2 aliphatic rings. The maximum Gasteiger partial charge on any atom is 0.330 e. The summed E-state index contributed by atoms with van der Waals surface area (Å²) in [5.41, 5.74) is 0.741. The van der Waals surface area contributed by atoms with E-state index >= 15 is 0 Å². The van der Waals surface area contributed by atoms with E-state index in [0.29, 0.717) is 13.0 Å². The summed E-state index contributed by atoms with van der Waals surface area (Å²) in [6, 6.07) is 0. The summed E-state index contributed by atoms with van der Waals surface area (Å²) in [4.78, 5) is 22.7. The summed E-state index contributed by atoms with van der Waals surface area (Å²) in [6.07, 6.45) is 0.646. The molecule has 2 rings (SSSR count). The summed E-state index contributed by atoms with van der Waals surface area (Å²) >= 11 is 0. The molecule has 2 fully saturated rings. The molecule has 0 N–H and O–H groups in total. The minimum absolute atomic E-state index is 0.312. The van der Waals surface area contributed by atoms with Crippen LogP contribution in [-0.4, -0.2) is 42.6 Å². The van der Waals surface area contributed by atoms with Crippen molar-refractivity contribution in [2.75, 3.05) is 6.61 Å². The number of ether oxygens (including phenoxy) is 4. The lowest BCUT2D eigenvalue weighted by Gasteiger charge is -2.21. The van der Waals surface area contributed by atoms with Crippen LogP contribution in [0.5, 0.6) is 0 Å². The van der Waals surface area contributed by atoms with Crippen molar-refractivity contribution in [1.82, 2.24) is 0 Å². The maximum atomic E-state index is 11.6. The van der Waals surface area contributed by atoms with Gasteiger partial charge in [0.1, 0.15) is 18.3 Å². The molecular formula is C14H20O6. The summed E-state index contributed by atoms with van der Waals surface area (Å²) in [5.74, 6) is -1.56. The van der Waals surface area contributed by atoms with Crippen LogP contribution in [0.1, 0.15) is 34.1 Å². The minimum atomic E-state index is -0.762. The van der Waals surface area contributed by atoms with E-state index in [1.807, 2.05) is 0 Å². The summed E-state index contributed by atoms with van der Waals surface area (Å²) in [5, 5.41) is 0. The van der Waals surface area contributed by atoms with Gasteiger partial charge in [0.2, 0.25) is 0 Å². The highest BCUT2D eigenvalue weighted by Gasteiger charge is 2.53. The number of fused-ring (bicyclic) bond motifs is 1. The van der Waals surface area contributed by atoms with E-state index in [1.165, 1.54) is 13.0 Å². The van der Waals surface area contributed by atoms with E-state index < -0.39 is 17.9 Å². The Morgan fingerprint density at radius 3 is 2.70 bits per heavy atom. The van der Waals surface area contributed by atoms with Crippen LogP contribution in [-0.2, 0) is 28.5 Å². The second-order valence-electron chi connectivity index (χ2n) is 5.34. The molecule has 1 saturated heterocycles. The molecule has 1 heterocycles. The highest BCUT2D eigenvalue weighted by molar-refractivity contribution is 5.83. The lowest BCUT2D eigenvalue weighted by atomic mass is 10.1. The van der Waals surface area contributed by atoms with Crippen LogP contribution in [0.2, 0.25) is 0 Å². The number of carbonyl (C=O) groups is 2. The molecule has 0 radical (unpaired) electrons. The first-order chi connectivity index (χ1) is 9.32. The lowest BCUT2D eigenvalue weighted by Crippen LogP contribution is -2.31. The monoisotopic (exact) mass is 284 g/mol. The molecule has 1 saturated carbocycles. The number of hydrogen-bond acceptors (Lipinski definition) is 6. The second kappa shape index (κ2) is 5.54. The minimum Gasteiger partial charge on any atom is -0.463 e. The van der Waals surface area contributed by atoms with Gasteiger partial charge in [0, 0.05) is 19.4 Å². The van der Waals surface area contributed by atoms with Gasteiger partial charge in [0.25, 0.3) is 0 Å². The van der Waals surface area contributed by atoms with Gasteiger partial charge in [-0.05, 0) is 26.3 Å². The first-order valence-corrected chi connectivity index (χ1v) is 6.72. The molecule has 0 amide bonds. The van der Waals surface area contributed by atoms with Gasteiger partial charge in [-0.1, -0.05) is 0 Å². The van der Waals surface area contributed by atoms with Crippen molar-refractivity contribution in [3.05, 3.63) is 11.6 Å². The van der Waals surface area contributed by atoms with E-state index in [0.717, 1.165) is 5.57 Å². The Bertz CT molecular complexity index is 439. The highest BCUT2D eigenvalue weighted by Crippen LogP contribution is 2.42. The van der Waals surface area contributed by atoms with Crippen molar-refractivity contribution in [3.63, 3.8) is 0 Å². The van der Waals surface area contributed by atoms with Crippen molar-refractivity contribution in [3.8, 4) is 0 Å². The van der Waals surface area contributed by atoms with Crippen LogP contribution in [0.25, 0.3) is 0 Å². The van der Waals surface area contributed by atoms with Crippen LogP contribution < -0.4 is 0 Å². The fourth-order valence-electron chi connectivity index (χ4n) is 2.61.